The molecule has 1 aliphatic heterocycles. The van der Waals surface area contributed by atoms with Crippen LogP contribution in [0, 0.1) is 5.82 Å². The van der Waals surface area contributed by atoms with Crippen molar-refractivity contribution in [3.63, 3.8) is 0 Å². The number of ether oxygens (including phenoxy) is 1. The lowest BCUT2D eigenvalue weighted by Gasteiger charge is -2.25. The van der Waals surface area contributed by atoms with Crippen molar-refractivity contribution in [3.05, 3.63) is 59.9 Å². The Labute approximate surface area is 147 Å². The maximum absolute atomic E-state index is 13.2. The van der Waals surface area contributed by atoms with Gasteiger partial charge in [0.05, 0.1) is 12.8 Å². The summed E-state index contributed by atoms with van der Waals surface area (Å²) in [5.41, 5.74) is 1.75. The van der Waals surface area contributed by atoms with E-state index in [1.165, 1.54) is 12.1 Å². The first-order chi connectivity index (χ1) is 12.2. The first-order valence-corrected chi connectivity index (χ1v) is 8.62. The third-order valence-corrected chi connectivity index (χ3v) is 4.65. The van der Waals surface area contributed by atoms with Gasteiger partial charge in [-0.15, -0.1) is 0 Å². The topological polar surface area (TPSA) is 41.6 Å². The summed E-state index contributed by atoms with van der Waals surface area (Å²) in [5, 5.41) is 2.94. The van der Waals surface area contributed by atoms with Crippen LogP contribution >= 0.6 is 0 Å². The number of likely N-dealkylation sites (tertiary alicyclic amines) is 1. The molecule has 5 heteroatoms. The minimum atomic E-state index is -0.233. The summed E-state index contributed by atoms with van der Waals surface area (Å²) in [6, 6.07) is 13.9. The molecule has 1 aliphatic rings. The Morgan fingerprint density at radius 2 is 1.92 bits per heavy atom. The van der Waals surface area contributed by atoms with Gasteiger partial charge in [0, 0.05) is 19.0 Å². The summed E-state index contributed by atoms with van der Waals surface area (Å²) in [6.07, 6.45) is 3.03. The molecule has 2 amide bonds. The van der Waals surface area contributed by atoms with E-state index in [4.69, 9.17) is 4.74 Å². The van der Waals surface area contributed by atoms with Gasteiger partial charge in [-0.25, -0.2) is 9.18 Å². The number of nitrogens with one attached hydrogen (secondary N) is 1. The molecule has 2 aromatic rings. The van der Waals surface area contributed by atoms with E-state index >= 15 is 0 Å². The summed E-state index contributed by atoms with van der Waals surface area (Å²) < 4.78 is 18.5. The number of halogens is 1. The number of methoxy groups -OCH3 is 1. The maximum Gasteiger partial charge on any atom is 0.321 e. The fourth-order valence-corrected chi connectivity index (χ4v) is 3.28. The summed E-state index contributed by atoms with van der Waals surface area (Å²) in [6.45, 7) is 1.35. The molecule has 4 nitrogen and oxygen atoms in total. The van der Waals surface area contributed by atoms with Crippen LogP contribution < -0.4 is 10.1 Å². The molecule has 1 unspecified atom stereocenters. The minimum absolute atomic E-state index is 0.126. The quantitative estimate of drug-likeness (QED) is 0.883. The fraction of sp³-hybridized carbons (Fsp3) is 0.350. The van der Waals surface area contributed by atoms with Gasteiger partial charge in [0.2, 0.25) is 0 Å². The molecule has 0 radical (unpaired) electrons. The predicted molar refractivity (Wildman–Crippen MR) is 96.6 cm³/mol. The summed E-state index contributed by atoms with van der Waals surface area (Å²) in [7, 11) is 1.58. The standard InChI is InChI=1S/C20H23FN2O2/c1-25-19-8-3-2-7-18(19)22-20(24)23-13-5-4-6-16(14-23)15-9-11-17(21)12-10-15/h2-3,7-12,16H,4-6,13-14H2,1H3,(H,22,24). The van der Waals surface area contributed by atoms with Gasteiger partial charge in [-0.05, 0) is 42.7 Å². The zero-order valence-corrected chi connectivity index (χ0v) is 14.4. The highest BCUT2D eigenvalue weighted by Gasteiger charge is 2.23. The van der Waals surface area contributed by atoms with E-state index in [0.29, 0.717) is 18.0 Å². The van der Waals surface area contributed by atoms with Gasteiger partial charge in [0.1, 0.15) is 11.6 Å². The molecule has 0 bridgehead atoms. The lowest BCUT2D eigenvalue weighted by Crippen LogP contribution is -2.37. The highest BCUT2D eigenvalue weighted by atomic mass is 19.1. The molecule has 0 aliphatic carbocycles. The van der Waals surface area contributed by atoms with Crippen molar-refractivity contribution >= 4 is 11.7 Å². The van der Waals surface area contributed by atoms with E-state index < -0.39 is 0 Å². The predicted octanol–water partition coefficient (Wildman–Crippen LogP) is 4.64. The van der Waals surface area contributed by atoms with Crippen LogP contribution in [0.3, 0.4) is 0 Å². The molecular weight excluding hydrogens is 319 g/mol. The second kappa shape index (κ2) is 8.01. The number of rotatable bonds is 3. The highest BCUT2D eigenvalue weighted by molar-refractivity contribution is 5.91. The molecule has 2 aromatic carbocycles. The molecule has 1 heterocycles. The number of hydrogen-bond donors (Lipinski definition) is 1. The molecule has 1 fully saturated rings. The zero-order chi connectivity index (χ0) is 17.6. The Morgan fingerprint density at radius 3 is 2.68 bits per heavy atom. The zero-order valence-electron chi connectivity index (χ0n) is 14.4. The third kappa shape index (κ3) is 4.29. The highest BCUT2D eigenvalue weighted by Crippen LogP contribution is 2.28. The Kier molecular flexibility index (Phi) is 5.53. The van der Waals surface area contributed by atoms with E-state index in [9.17, 15) is 9.18 Å². The smallest absolute Gasteiger partial charge is 0.321 e. The van der Waals surface area contributed by atoms with Gasteiger partial charge in [-0.1, -0.05) is 30.7 Å². The van der Waals surface area contributed by atoms with Gasteiger partial charge in [0.15, 0.2) is 0 Å². The van der Waals surface area contributed by atoms with Gasteiger partial charge in [-0.2, -0.15) is 0 Å². The van der Waals surface area contributed by atoms with Crippen molar-refractivity contribution < 1.29 is 13.9 Å². The number of anilines is 1. The van der Waals surface area contributed by atoms with Crippen LogP contribution in [0.2, 0.25) is 0 Å². The first-order valence-electron chi connectivity index (χ1n) is 8.62. The van der Waals surface area contributed by atoms with Crippen molar-refractivity contribution in [2.24, 2.45) is 0 Å². The lowest BCUT2D eigenvalue weighted by molar-refractivity contribution is 0.211. The summed E-state index contributed by atoms with van der Waals surface area (Å²) >= 11 is 0. The van der Waals surface area contributed by atoms with E-state index in [2.05, 4.69) is 5.32 Å². The first kappa shape index (κ1) is 17.3. The van der Waals surface area contributed by atoms with Crippen molar-refractivity contribution in [2.45, 2.75) is 25.2 Å². The number of carbonyl (C=O) groups excluding carboxylic acids is 1. The molecule has 0 aromatic heterocycles. The summed E-state index contributed by atoms with van der Waals surface area (Å²) in [4.78, 5) is 14.6. The number of para-hydroxylation sites is 2. The van der Waals surface area contributed by atoms with Crippen molar-refractivity contribution in [1.29, 1.82) is 0 Å². The molecule has 0 spiro atoms. The maximum atomic E-state index is 13.2. The SMILES string of the molecule is COc1ccccc1NC(=O)N1CCCCC(c2ccc(F)cc2)C1. The molecule has 1 atom stereocenters. The molecule has 1 N–H and O–H groups in total. The Morgan fingerprint density at radius 1 is 1.16 bits per heavy atom. The minimum Gasteiger partial charge on any atom is -0.495 e. The Hall–Kier alpha value is -2.56. The number of hydrogen-bond acceptors (Lipinski definition) is 2. The normalized spacial score (nSPS) is 17.7. The van der Waals surface area contributed by atoms with Crippen LogP contribution in [0.25, 0.3) is 0 Å². The largest absolute Gasteiger partial charge is 0.495 e. The van der Waals surface area contributed by atoms with E-state index in [-0.39, 0.29) is 17.8 Å². The van der Waals surface area contributed by atoms with Crippen LogP contribution in [0.15, 0.2) is 48.5 Å². The van der Waals surface area contributed by atoms with Crippen molar-refractivity contribution in [3.8, 4) is 5.75 Å². The van der Waals surface area contributed by atoms with Gasteiger partial charge >= 0.3 is 6.03 Å². The van der Waals surface area contributed by atoms with Crippen LogP contribution in [0.1, 0.15) is 30.7 Å². The van der Waals surface area contributed by atoms with Gasteiger partial charge in [0.25, 0.3) is 0 Å². The summed E-state index contributed by atoms with van der Waals surface area (Å²) in [5.74, 6) is 0.635. The number of benzene rings is 2. The molecule has 3 rings (SSSR count). The monoisotopic (exact) mass is 342 g/mol. The van der Waals surface area contributed by atoms with Crippen LogP contribution in [-0.4, -0.2) is 31.1 Å². The molecule has 0 saturated carbocycles. The third-order valence-electron chi connectivity index (χ3n) is 4.65. The van der Waals surface area contributed by atoms with E-state index in [1.54, 1.807) is 7.11 Å². The number of urea groups is 1. The van der Waals surface area contributed by atoms with E-state index in [0.717, 1.165) is 31.4 Å². The van der Waals surface area contributed by atoms with Gasteiger partial charge < -0.3 is 15.0 Å². The number of carbonyl (C=O) groups is 1. The van der Waals surface area contributed by atoms with Crippen LogP contribution in [-0.2, 0) is 0 Å². The average molecular weight is 342 g/mol. The number of nitrogens with zero attached hydrogens (tertiary/aromatic N) is 1. The fourth-order valence-electron chi connectivity index (χ4n) is 3.28. The molecular formula is C20H23FN2O2. The molecule has 25 heavy (non-hydrogen) atoms. The Balaban J connectivity index is 1.72. The lowest BCUT2D eigenvalue weighted by atomic mass is 9.94. The number of amides is 2. The molecule has 132 valence electrons. The van der Waals surface area contributed by atoms with E-state index in [1.807, 2.05) is 41.3 Å². The van der Waals surface area contributed by atoms with Crippen LogP contribution in [0.5, 0.6) is 5.75 Å². The average Bonchev–Trinajstić information content (AvgIpc) is 2.89. The molecule has 1 saturated heterocycles. The van der Waals surface area contributed by atoms with Crippen molar-refractivity contribution in [1.82, 2.24) is 4.90 Å². The Bertz CT molecular complexity index is 718. The van der Waals surface area contributed by atoms with Gasteiger partial charge in [-0.3, -0.25) is 0 Å². The second-order valence-corrected chi connectivity index (χ2v) is 6.32. The van der Waals surface area contributed by atoms with Crippen LogP contribution in [0.4, 0.5) is 14.9 Å². The second-order valence-electron chi connectivity index (χ2n) is 6.32. The van der Waals surface area contributed by atoms with Crippen molar-refractivity contribution in [2.75, 3.05) is 25.5 Å².